The van der Waals surface area contributed by atoms with Crippen LogP contribution >= 0.6 is 22.6 Å². The molecule has 0 N–H and O–H groups in total. The maximum absolute atomic E-state index is 8.31. The van der Waals surface area contributed by atoms with Crippen LogP contribution in [0.3, 0.4) is 0 Å². The third-order valence-corrected chi connectivity index (χ3v) is 1.48. The van der Waals surface area contributed by atoms with Crippen LogP contribution in [0.1, 0.15) is 5.69 Å². The number of pyridine rings is 1. The van der Waals surface area contributed by atoms with E-state index in [0.29, 0.717) is 5.69 Å². The molecule has 0 aliphatic heterocycles. The molecule has 0 aliphatic rings. The first-order valence-corrected chi connectivity index (χ1v) is 3.42. The zero-order valence-electron chi connectivity index (χ0n) is 4.50. The van der Waals surface area contributed by atoms with E-state index in [1.807, 2.05) is 12.1 Å². The molecule has 1 heterocycles. The molecule has 0 bridgehead atoms. The van der Waals surface area contributed by atoms with E-state index in [2.05, 4.69) is 27.6 Å². The van der Waals surface area contributed by atoms with E-state index < -0.39 is 0 Å². The largest absolute Gasteiger partial charge is 0.244 e. The van der Waals surface area contributed by atoms with Crippen LogP contribution in [0.4, 0.5) is 0 Å². The van der Waals surface area contributed by atoms with E-state index in [-0.39, 0.29) is 0 Å². The summed E-state index contributed by atoms with van der Waals surface area (Å²) in [5, 5.41) is 8.31. The Kier molecular flexibility index (Phi) is 2.01. The fourth-order valence-corrected chi connectivity index (χ4v) is 0.761. The van der Waals surface area contributed by atoms with Crippen molar-refractivity contribution in [2.45, 2.75) is 0 Å². The molecule has 9 heavy (non-hydrogen) atoms. The second-order valence-electron chi connectivity index (χ2n) is 1.47. The lowest BCUT2D eigenvalue weighted by atomic mass is 10.4. The van der Waals surface area contributed by atoms with Gasteiger partial charge in [-0.15, -0.1) is 0 Å². The topological polar surface area (TPSA) is 36.7 Å². The van der Waals surface area contributed by atoms with Crippen LogP contribution in [0.2, 0.25) is 0 Å². The van der Waals surface area contributed by atoms with Crippen molar-refractivity contribution >= 4 is 22.6 Å². The normalized spacial score (nSPS) is 8.44. The minimum Gasteiger partial charge on any atom is -0.244 e. The second kappa shape index (κ2) is 2.78. The van der Waals surface area contributed by atoms with E-state index in [1.54, 1.807) is 12.3 Å². The van der Waals surface area contributed by atoms with Crippen molar-refractivity contribution < 1.29 is 0 Å². The number of hydrogen-bond donors (Lipinski definition) is 0. The Balaban J connectivity index is 3.06. The summed E-state index contributed by atoms with van der Waals surface area (Å²) in [6.45, 7) is 0. The molecule has 0 spiro atoms. The molecule has 0 atom stereocenters. The highest BCUT2D eigenvalue weighted by Crippen LogP contribution is 2.01. The van der Waals surface area contributed by atoms with Crippen molar-refractivity contribution in [1.82, 2.24) is 4.98 Å². The van der Waals surface area contributed by atoms with Crippen molar-refractivity contribution in [1.29, 1.82) is 5.26 Å². The van der Waals surface area contributed by atoms with Gasteiger partial charge in [0.05, 0.1) is 0 Å². The quantitative estimate of drug-likeness (QED) is 0.634. The molecule has 0 unspecified atom stereocenters. The Morgan fingerprint density at radius 1 is 1.56 bits per heavy atom. The van der Waals surface area contributed by atoms with Gasteiger partial charge in [-0.25, -0.2) is 4.98 Å². The molecule has 44 valence electrons. The van der Waals surface area contributed by atoms with Crippen LogP contribution in [-0.2, 0) is 0 Å². The Hall–Kier alpha value is -0.630. The Bertz CT molecular complexity index is 234. The number of aromatic nitrogens is 1. The highest BCUT2D eigenvalue weighted by atomic mass is 127. The van der Waals surface area contributed by atoms with E-state index in [9.17, 15) is 0 Å². The Labute approximate surface area is 66.7 Å². The summed E-state index contributed by atoms with van der Waals surface area (Å²) in [6, 6.07) is 5.49. The van der Waals surface area contributed by atoms with Gasteiger partial charge in [-0.1, -0.05) is 0 Å². The van der Waals surface area contributed by atoms with Crippen molar-refractivity contribution in [3.8, 4) is 6.07 Å². The average Bonchev–Trinajstić information content (AvgIpc) is 1.90. The summed E-state index contributed by atoms with van der Waals surface area (Å²) in [5.41, 5.74) is 0.468. The molecular formula is C6H3IN2. The van der Waals surface area contributed by atoms with Gasteiger partial charge in [-0.2, -0.15) is 5.26 Å². The number of hydrogen-bond acceptors (Lipinski definition) is 2. The average molecular weight is 230 g/mol. The lowest BCUT2D eigenvalue weighted by molar-refractivity contribution is 1.25. The van der Waals surface area contributed by atoms with Crippen LogP contribution in [0, 0.1) is 14.9 Å². The maximum atomic E-state index is 8.31. The molecule has 0 radical (unpaired) electrons. The molecule has 0 saturated heterocycles. The van der Waals surface area contributed by atoms with Gasteiger partial charge < -0.3 is 0 Å². The van der Waals surface area contributed by atoms with Crippen molar-refractivity contribution in [3.63, 3.8) is 0 Å². The van der Waals surface area contributed by atoms with Gasteiger partial charge >= 0.3 is 0 Å². The van der Waals surface area contributed by atoms with Crippen LogP contribution < -0.4 is 0 Å². The second-order valence-corrected chi connectivity index (χ2v) is 2.72. The molecule has 0 amide bonds. The van der Waals surface area contributed by atoms with Gasteiger partial charge in [-0.3, -0.25) is 0 Å². The Morgan fingerprint density at radius 2 is 2.33 bits per heavy atom. The summed E-state index contributed by atoms with van der Waals surface area (Å²) >= 11 is 2.14. The first kappa shape index (κ1) is 6.49. The molecule has 0 aliphatic carbocycles. The molecule has 0 saturated carbocycles. The first-order valence-electron chi connectivity index (χ1n) is 2.34. The van der Waals surface area contributed by atoms with Crippen molar-refractivity contribution in [3.05, 3.63) is 27.6 Å². The zero-order valence-corrected chi connectivity index (χ0v) is 6.66. The van der Waals surface area contributed by atoms with Gasteiger partial charge in [0, 0.05) is 9.77 Å². The van der Waals surface area contributed by atoms with E-state index >= 15 is 0 Å². The minimum atomic E-state index is 0.468. The molecule has 1 aromatic heterocycles. The van der Waals surface area contributed by atoms with Gasteiger partial charge in [0.25, 0.3) is 0 Å². The number of halogens is 1. The maximum Gasteiger partial charge on any atom is 0.140 e. The summed E-state index contributed by atoms with van der Waals surface area (Å²) < 4.78 is 1.05. The van der Waals surface area contributed by atoms with Crippen molar-refractivity contribution in [2.24, 2.45) is 0 Å². The van der Waals surface area contributed by atoms with Crippen molar-refractivity contribution in [2.75, 3.05) is 0 Å². The summed E-state index contributed by atoms with van der Waals surface area (Å²) in [5.74, 6) is 0. The van der Waals surface area contributed by atoms with Gasteiger partial charge in [0.15, 0.2) is 0 Å². The molecule has 0 fully saturated rings. The van der Waals surface area contributed by atoms with Crippen LogP contribution in [0.15, 0.2) is 18.3 Å². The Morgan fingerprint density at radius 3 is 2.78 bits per heavy atom. The standard InChI is InChI=1S/C6H3IN2/c7-5-1-2-6(3-8)9-4-5/h1-2,4H. The van der Waals surface area contributed by atoms with Crippen LogP contribution in [0.5, 0.6) is 0 Å². The van der Waals surface area contributed by atoms with E-state index in [1.165, 1.54) is 0 Å². The third kappa shape index (κ3) is 1.64. The number of nitriles is 1. The first-order chi connectivity index (χ1) is 4.33. The molecule has 1 aromatic rings. The fourth-order valence-electron chi connectivity index (χ4n) is 0.442. The molecular weight excluding hydrogens is 227 g/mol. The van der Waals surface area contributed by atoms with E-state index in [0.717, 1.165) is 3.57 Å². The van der Waals surface area contributed by atoms with Gasteiger partial charge in [0.1, 0.15) is 11.8 Å². The molecule has 1 rings (SSSR count). The predicted octanol–water partition coefficient (Wildman–Crippen LogP) is 1.56. The SMILES string of the molecule is N#Cc1ccc(I)cn1. The fraction of sp³-hybridized carbons (Fsp3) is 0. The summed E-state index contributed by atoms with van der Waals surface area (Å²) in [4.78, 5) is 3.83. The third-order valence-electron chi connectivity index (χ3n) is 0.842. The molecule has 2 nitrogen and oxygen atoms in total. The van der Waals surface area contributed by atoms with Gasteiger partial charge in [0.2, 0.25) is 0 Å². The number of nitrogens with zero attached hydrogens (tertiary/aromatic N) is 2. The summed E-state index contributed by atoms with van der Waals surface area (Å²) in [6.07, 6.45) is 1.67. The van der Waals surface area contributed by atoms with Crippen LogP contribution in [-0.4, -0.2) is 4.98 Å². The highest BCUT2D eigenvalue weighted by molar-refractivity contribution is 14.1. The smallest absolute Gasteiger partial charge is 0.140 e. The monoisotopic (exact) mass is 230 g/mol. The molecule has 0 aromatic carbocycles. The zero-order chi connectivity index (χ0) is 6.69. The summed E-state index contributed by atoms with van der Waals surface area (Å²) in [7, 11) is 0. The van der Waals surface area contributed by atoms with Gasteiger partial charge in [-0.05, 0) is 34.7 Å². The lowest BCUT2D eigenvalue weighted by Gasteiger charge is -1.85. The molecule has 3 heteroatoms. The lowest BCUT2D eigenvalue weighted by Crippen LogP contribution is -1.80. The predicted molar refractivity (Wildman–Crippen MR) is 41.7 cm³/mol. The minimum absolute atomic E-state index is 0.468. The number of rotatable bonds is 0. The van der Waals surface area contributed by atoms with Crippen LogP contribution in [0.25, 0.3) is 0 Å². The highest BCUT2D eigenvalue weighted by Gasteiger charge is 1.87. The van der Waals surface area contributed by atoms with E-state index in [4.69, 9.17) is 5.26 Å².